The molecule has 0 aromatic carbocycles. The van der Waals surface area contributed by atoms with Gasteiger partial charge in [-0.1, -0.05) is 288 Å². The fraction of sp³-hybridized carbons (Fsp3) is 0.864. The minimum atomic E-state index is -0.774. The standard InChI is InChI=1S/C66H122O6/c1-4-7-10-13-16-19-22-25-28-31-33-36-38-41-44-47-50-53-56-59-65(68)71-62-63(61-70-64(67)58-55-52-49-46-43-40-37-34-30-27-24-21-18-15-12-9-6-3)72-66(69)60-57-54-51-48-45-42-39-35-32-29-26-23-20-17-14-11-8-5-2/h18,21,25,27-28,30,63H,4-17,19-20,22-24,26,29,31-62H2,1-3H3/b21-18-,28-25-,30-27-. The van der Waals surface area contributed by atoms with Crippen molar-refractivity contribution in [3.63, 3.8) is 0 Å². The third kappa shape index (κ3) is 58.5. The van der Waals surface area contributed by atoms with Gasteiger partial charge in [-0.05, 0) is 77.0 Å². The Bertz CT molecular complexity index is 1210. The minimum absolute atomic E-state index is 0.0716. The summed E-state index contributed by atoms with van der Waals surface area (Å²) in [5.41, 5.74) is 0. The first kappa shape index (κ1) is 69.6. The predicted molar refractivity (Wildman–Crippen MR) is 312 cm³/mol. The van der Waals surface area contributed by atoms with Crippen molar-refractivity contribution in [2.24, 2.45) is 0 Å². The molecule has 6 heteroatoms. The highest BCUT2D eigenvalue weighted by atomic mass is 16.6. The highest BCUT2D eigenvalue weighted by Gasteiger charge is 2.19. The van der Waals surface area contributed by atoms with Crippen LogP contribution < -0.4 is 0 Å². The Balaban J connectivity index is 4.34. The molecule has 0 saturated heterocycles. The van der Waals surface area contributed by atoms with Crippen molar-refractivity contribution in [2.75, 3.05) is 13.2 Å². The van der Waals surface area contributed by atoms with Gasteiger partial charge < -0.3 is 14.2 Å². The van der Waals surface area contributed by atoms with Crippen LogP contribution in [0.3, 0.4) is 0 Å². The number of allylic oxidation sites excluding steroid dienone is 6. The van der Waals surface area contributed by atoms with E-state index in [4.69, 9.17) is 14.2 Å². The van der Waals surface area contributed by atoms with Gasteiger partial charge in [0.2, 0.25) is 0 Å². The van der Waals surface area contributed by atoms with Crippen LogP contribution in [-0.2, 0) is 28.6 Å². The summed E-state index contributed by atoms with van der Waals surface area (Å²) in [6, 6.07) is 0. The maximum atomic E-state index is 12.9. The van der Waals surface area contributed by atoms with Gasteiger partial charge in [-0.3, -0.25) is 14.4 Å². The van der Waals surface area contributed by atoms with Crippen LogP contribution >= 0.6 is 0 Å². The van der Waals surface area contributed by atoms with Crippen molar-refractivity contribution < 1.29 is 28.6 Å². The molecule has 0 aromatic heterocycles. The molecule has 0 heterocycles. The molecule has 0 aromatic rings. The van der Waals surface area contributed by atoms with Crippen LogP contribution in [0.5, 0.6) is 0 Å². The summed E-state index contributed by atoms with van der Waals surface area (Å²) in [5, 5.41) is 0. The Labute approximate surface area is 448 Å². The van der Waals surface area contributed by atoms with Gasteiger partial charge in [0.25, 0.3) is 0 Å². The third-order valence-corrected chi connectivity index (χ3v) is 14.4. The Morgan fingerprint density at radius 3 is 0.806 bits per heavy atom. The van der Waals surface area contributed by atoms with Crippen LogP contribution in [0.1, 0.15) is 348 Å². The number of carbonyl (C=O) groups is 3. The number of rotatable bonds is 59. The number of ether oxygens (including phenoxy) is 3. The molecule has 0 spiro atoms. The lowest BCUT2D eigenvalue weighted by atomic mass is 10.0. The SMILES string of the molecule is CCCCC/C=C\C/C=C\CCCCCCCCCC(=O)OCC(COC(=O)CCCCCCCCCCC/C=C\CCCCCCCC)OC(=O)CCCCCCCCCCCCCCCCCCCC. The fourth-order valence-corrected chi connectivity index (χ4v) is 9.53. The van der Waals surface area contributed by atoms with E-state index in [1.807, 2.05) is 0 Å². The molecule has 1 atom stereocenters. The van der Waals surface area contributed by atoms with E-state index in [0.29, 0.717) is 19.3 Å². The van der Waals surface area contributed by atoms with Crippen LogP contribution in [-0.4, -0.2) is 37.2 Å². The largest absolute Gasteiger partial charge is 0.462 e. The summed E-state index contributed by atoms with van der Waals surface area (Å²) in [4.78, 5) is 38.3. The van der Waals surface area contributed by atoms with Gasteiger partial charge >= 0.3 is 17.9 Å². The molecule has 0 aliphatic heterocycles. The predicted octanol–water partition coefficient (Wildman–Crippen LogP) is 21.6. The average molecular weight is 1010 g/mol. The van der Waals surface area contributed by atoms with Crippen molar-refractivity contribution in [3.8, 4) is 0 Å². The molecule has 72 heavy (non-hydrogen) atoms. The molecule has 0 N–H and O–H groups in total. The summed E-state index contributed by atoms with van der Waals surface area (Å²) < 4.78 is 16.9. The van der Waals surface area contributed by atoms with Gasteiger partial charge in [0.05, 0.1) is 0 Å². The molecule has 0 bridgehead atoms. The first-order valence-electron chi connectivity index (χ1n) is 32.0. The maximum Gasteiger partial charge on any atom is 0.306 e. The van der Waals surface area contributed by atoms with Crippen LogP contribution in [0.15, 0.2) is 36.5 Å². The third-order valence-electron chi connectivity index (χ3n) is 14.4. The average Bonchev–Trinajstić information content (AvgIpc) is 3.38. The second-order valence-corrected chi connectivity index (χ2v) is 21.7. The molecule has 422 valence electrons. The van der Waals surface area contributed by atoms with Crippen molar-refractivity contribution in [3.05, 3.63) is 36.5 Å². The number of unbranched alkanes of at least 4 members (excludes halogenated alkanes) is 42. The summed E-state index contributed by atoms with van der Waals surface area (Å²) in [7, 11) is 0. The quantitative estimate of drug-likeness (QED) is 0.0261. The zero-order valence-corrected chi connectivity index (χ0v) is 48.5. The minimum Gasteiger partial charge on any atom is -0.462 e. The van der Waals surface area contributed by atoms with Gasteiger partial charge in [-0.15, -0.1) is 0 Å². The number of hydrogen-bond acceptors (Lipinski definition) is 6. The van der Waals surface area contributed by atoms with Crippen molar-refractivity contribution in [1.82, 2.24) is 0 Å². The molecule has 6 nitrogen and oxygen atoms in total. The van der Waals surface area contributed by atoms with Gasteiger partial charge in [0.15, 0.2) is 6.10 Å². The van der Waals surface area contributed by atoms with Gasteiger partial charge in [-0.25, -0.2) is 0 Å². The van der Waals surface area contributed by atoms with E-state index >= 15 is 0 Å². The molecule has 0 saturated carbocycles. The van der Waals surface area contributed by atoms with Crippen molar-refractivity contribution in [2.45, 2.75) is 354 Å². The first-order valence-corrected chi connectivity index (χ1v) is 32.0. The van der Waals surface area contributed by atoms with E-state index in [1.54, 1.807) is 0 Å². The zero-order valence-electron chi connectivity index (χ0n) is 48.5. The van der Waals surface area contributed by atoms with E-state index in [1.165, 1.54) is 238 Å². The Morgan fingerprint density at radius 2 is 0.500 bits per heavy atom. The molecule has 0 aliphatic carbocycles. The normalized spacial score (nSPS) is 12.2. The lowest BCUT2D eigenvalue weighted by molar-refractivity contribution is -0.167. The van der Waals surface area contributed by atoms with Gasteiger partial charge in [0, 0.05) is 19.3 Å². The Kier molecular flexibility index (Phi) is 59.2. The molecular weight excluding hydrogens is 889 g/mol. The summed E-state index contributed by atoms with van der Waals surface area (Å²) in [5.74, 6) is -0.857. The Hall–Kier alpha value is -2.37. The molecular formula is C66H122O6. The molecule has 1 unspecified atom stereocenters. The first-order chi connectivity index (χ1) is 35.5. The van der Waals surface area contributed by atoms with Crippen molar-refractivity contribution >= 4 is 17.9 Å². The van der Waals surface area contributed by atoms with E-state index < -0.39 is 6.10 Å². The molecule has 0 rings (SSSR count). The van der Waals surface area contributed by atoms with E-state index in [9.17, 15) is 14.4 Å². The second kappa shape index (κ2) is 61.2. The number of esters is 3. The zero-order chi connectivity index (χ0) is 52.2. The van der Waals surface area contributed by atoms with Crippen LogP contribution in [0.25, 0.3) is 0 Å². The maximum absolute atomic E-state index is 12.9. The lowest BCUT2D eigenvalue weighted by Crippen LogP contribution is -2.30. The van der Waals surface area contributed by atoms with Crippen LogP contribution in [0.2, 0.25) is 0 Å². The smallest absolute Gasteiger partial charge is 0.306 e. The summed E-state index contributed by atoms with van der Waals surface area (Å²) >= 11 is 0. The topological polar surface area (TPSA) is 78.9 Å². The molecule has 0 amide bonds. The van der Waals surface area contributed by atoms with E-state index in [2.05, 4.69) is 57.2 Å². The highest BCUT2D eigenvalue weighted by molar-refractivity contribution is 5.71. The van der Waals surface area contributed by atoms with Gasteiger partial charge in [0.1, 0.15) is 13.2 Å². The fourth-order valence-electron chi connectivity index (χ4n) is 9.53. The highest BCUT2D eigenvalue weighted by Crippen LogP contribution is 2.17. The number of carbonyl (C=O) groups excluding carboxylic acids is 3. The van der Waals surface area contributed by atoms with Crippen LogP contribution in [0, 0.1) is 0 Å². The molecule has 0 fully saturated rings. The second-order valence-electron chi connectivity index (χ2n) is 21.7. The van der Waals surface area contributed by atoms with Crippen molar-refractivity contribution in [1.29, 1.82) is 0 Å². The van der Waals surface area contributed by atoms with Crippen LogP contribution in [0.4, 0.5) is 0 Å². The lowest BCUT2D eigenvalue weighted by Gasteiger charge is -2.18. The van der Waals surface area contributed by atoms with E-state index in [0.717, 1.165) is 70.6 Å². The van der Waals surface area contributed by atoms with E-state index in [-0.39, 0.29) is 31.1 Å². The Morgan fingerprint density at radius 1 is 0.278 bits per heavy atom. The molecule has 0 radical (unpaired) electrons. The monoisotopic (exact) mass is 1010 g/mol. The van der Waals surface area contributed by atoms with Gasteiger partial charge in [-0.2, -0.15) is 0 Å². The summed E-state index contributed by atoms with van der Waals surface area (Å²) in [6.07, 6.45) is 74.3. The molecule has 0 aliphatic rings. The summed E-state index contributed by atoms with van der Waals surface area (Å²) in [6.45, 7) is 6.66. The number of hydrogen-bond donors (Lipinski definition) is 0.